The standard InChI is InChI=1S/C23H17N/c24-16-22(20-13-12-17-6-1-2-8-19(17)14-20)15-21-10-5-9-18-7-3-4-11-23(18)21/h1-14,22H,15H2. The molecule has 0 heterocycles. The molecule has 1 unspecified atom stereocenters. The first-order chi connectivity index (χ1) is 11.8. The Morgan fingerprint density at radius 1 is 0.708 bits per heavy atom. The molecule has 0 aliphatic heterocycles. The number of hydrogen-bond donors (Lipinski definition) is 0. The van der Waals surface area contributed by atoms with Crippen molar-refractivity contribution in [2.75, 3.05) is 0 Å². The molecular weight excluding hydrogens is 290 g/mol. The minimum atomic E-state index is -0.139. The van der Waals surface area contributed by atoms with E-state index in [1.54, 1.807) is 0 Å². The molecule has 0 aliphatic carbocycles. The number of fused-ring (bicyclic) bond motifs is 2. The normalized spacial score (nSPS) is 12.1. The first-order valence-electron chi connectivity index (χ1n) is 8.20. The number of rotatable bonds is 3. The van der Waals surface area contributed by atoms with E-state index in [1.807, 2.05) is 12.1 Å². The van der Waals surface area contributed by atoms with Gasteiger partial charge in [0.15, 0.2) is 0 Å². The monoisotopic (exact) mass is 307 g/mol. The molecule has 1 atom stereocenters. The van der Waals surface area contributed by atoms with E-state index in [0.717, 1.165) is 12.0 Å². The van der Waals surface area contributed by atoms with Crippen LogP contribution >= 0.6 is 0 Å². The van der Waals surface area contributed by atoms with E-state index < -0.39 is 0 Å². The first-order valence-corrected chi connectivity index (χ1v) is 8.20. The van der Waals surface area contributed by atoms with Crippen molar-refractivity contribution < 1.29 is 0 Å². The second-order valence-electron chi connectivity index (χ2n) is 6.13. The van der Waals surface area contributed by atoms with Crippen molar-refractivity contribution in [1.82, 2.24) is 0 Å². The van der Waals surface area contributed by atoms with E-state index in [4.69, 9.17) is 0 Å². The van der Waals surface area contributed by atoms with Gasteiger partial charge in [-0.2, -0.15) is 5.26 Å². The molecule has 4 aromatic rings. The van der Waals surface area contributed by atoms with Gasteiger partial charge in [-0.05, 0) is 45.2 Å². The van der Waals surface area contributed by atoms with Gasteiger partial charge < -0.3 is 0 Å². The molecule has 0 aliphatic rings. The Labute approximate surface area is 141 Å². The van der Waals surface area contributed by atoms with Gasteiger partial charge in [0.05, 0.1) is 12.0 Å². The van der Waals surface area contributed by atoms with Crippen LogP contribution in [0.25, 0.3) is 21.5 Å². The molecule has 0 radical (unpaired) electrons. The minimum Gasteiger partial charge on any atom is -0.198 e. The van der Waals surface area contributed by atoms with Gasteiger partial charge in [-0.1, -0.05) is 78.9 Å². The lowest BCUT2D eigenvalue weighted by Gasteiger charge is -2.13. The average Bonchev–Trinajstić information content (AvgIpc) is 2.66. The van der Waals surface area contributed by atoms with Crippen molar-refractivity contribution in [1.29, 1.82) is 5.26 Å². The van der Waals surface area contributed by atoms with Crippen LogP contribution in [0.2, 0.25) is 0 Å². The number of hydrogen-bond acceptors (Lipinski definition) is 1. The lowest BCUT2D eigenvalue weighted by atomic mass is 9.89. The summed E-state index contributed by atoms with van der Waals surface area (Å²) < 4.78 is 0. The minimum absolute atomic E-state index is 0.139. The van der Waals surface area contributed by atoms with E-state index in [0.29, 0.717) is 0 Å². The van der Waals surface area contributed by atoms with Crippen molar-refractivity contribution in [2.24, 2.45) is 0 Å². The molecule has 0 N–H and O–H groups in total. The maximum absolute atomic E-state index is 9.73. The molecule has 0 amide bonds. The maximum Gasteiger partial charge on any atom is 0.0753 e. The molecule has 1 nitrogen and oxygen atoms in total. The summed E-state index contributed by atoms with van der Waals surface area (Å²) in [5.74, 6) is -0.139. The van der Waals surface area contributed by atoms with E-state index in [1.165, 1.54) is 27.1 Å². The first kappa shape index (κ1) is 14.5. The van der Waals surface area contributed by atoms with E-state index in [-0.39, 0.29) is 5.92 Å². The summed E-state index contributed by atoms with van der Waals surface area (Å²) in [6, 6.07) is 31.8. The molecule has 24 heavy (non-hydrogen) atoms. The highest BCUT2D eigenvalue weighted by Crippen LogP contribution is 2.27. The largest absolute Gasteiger partial charge is 0.198 e. The van der Waals surface area contributed by atoms with Gasteiger partial charge in [0.1, 0.15) is 0 Å². The predicted octanol–water partition coefficient (Wildman–Crippen LogP) is 5.84. The Morgan fingerprint density at radius 3 is 2.25 bits per heavy atom. The van der Waals surface area contributed by atoms with Gasteiger partial charge in [0.25, 0.3) is 0 Å². The lowest BCUT2D eigenvalue weighted by Crippen LogP contribution is -2.01. The molecule has 1 heteroatoms. The molecule has 0 spiro atoms. The smallest absolute Gasteiger partial charge is 0.0753 e. The van der Waals surface area contributed by atoms with E-state index in [2.05, 4.69) is 78.9 Å². The zero-order chi connectivity index (χ0) is 16.4. The maximum atomic E-state index is 9.73. The van der Waals surface area contributed by atoms with Gasteiger partial charge in [0.2, 0.25) is 0 Å². The van der Waals surface area contributed by atoms with Crippen molar-refractivity contribution in [3.63, 3.8) is 0 Å². The van der Waals surface area contributed by atoms with Crippen LogP contribution < -0.4 is 0 Å². The summed E-state index contributed by atoms with van der Waals surface area (Å²) in [4.78, 5) is 0. The third-order valence-corrected chi connectivity index (χ3v) is 4.64. The molecule has 0 aromatic heterocycles. The lowest BCUT2D eigenvalue weighted by molar-refractivity contribution is 0.856. The van der Waals surface area contributed by atoms with Crippen LogP contribution in [0.1, 0.15) is 17.0 Å². The quantitative estimate of drug-likeness (QED) is 0.466. The summed E-state index contributed by atoms with van der Waals surface area (Å²) >= 11 is 0. The van der Waals surface area contributed by atoms with Crippen LogP contribution in [0.4, 0.5) is 0 Å². The summed E-state index contributed by atoms with van der Waals surface area (Å²) in [6.07, 6.45) is 0.732. The summed E-state index contributed by atoms with van der Waals surface area (Å²) in [5.41, 5.74) is 2.32. The fourth-order valence-corrected chi connectivity index (χ4v) is 3.35. The average molecular weight is 307 g/mol. The molecule has 4 rings (SSSR count). The van der Waals surface area contributed by atoms with Crippen LogP contribution in [0.15, 0.2) is 84.9 Å². The summed E-state index contributed by atoms with van der Waals surface area (Å²) in [6.45, 7) is 0. The fourth-order valence-electron chi connectivity index (χ4n) is 3.35. The third kappa shape index (κ3) is 2.64. The van der Waals surface area contributed by atoms with Crippen LogP contribution in [0, 0.1) is 11.3 Å². The van der Waals surface area contributed by atoms with Gasteiger partial charge >= 0.3 is 0 Å². The van der Waals surface area contributed by atoms with Gasteiger partial charge in [0, 0.05) is 0 Å². The SMILES string of the molecule is N#CC(Cc1cccc2ccccc12)c1ccc2ccccc2c1. The Bertz CT molecular complexity index is 1050. The van der Waals surface area contributed by atoms with Crippen LogP contribution in [-0.4, -0.2) is 0 Å². The Kier molecular flexibility index (Phi) is 3.73. The second-order valence-corrected chi connectivity index (χ2v) is 6.13. The Hall–Kier alpha value is -3.11. The number of nitrogens with zero attached hydrogens (tertiary/aromatic N) is 1. The summed E-state index contributed by atoms with van der Waals surface area (Å²) in [5, 5.41) is 14.6. The third-order valence-electron chi connectivity index (χ3n) is 4.64. The molecule has 0 fully saturated rings. The van der Waals surface area contributed by atoms with Crippen molar-refractivity contribution >= 4 is 21.5 Å². The highest BCUT2D eigenvalue weighted by Gasteiger charge is 2.13. The topological polar surface area (TPSA) is 23.8 Å². The van der Waals surface area contributed by atoms with Crippen LogP contribution in [0.3, 0.4) is 0 Å². The fraction of sp³-hybridized carbons (Fsp3) is 0.0870. The zero-order valence-electron chi connectivity index (χ0n) is 13.3. The van der Waals surface area contributed by atoms with Gasteiger partial charge in [-0.25, -0.2) is 0 Å². The van der Waals surface area contributed by atoms with Crippen molar-refractivity contribution in [2.45, 2.75) is 12.3 Å². The molecule has 0 saturated heterocycles. The molecule has 0 bridgehead atoms. The Balaban J connectivity index is 1.74. The zero-order valence-corrected chi connectivity index (χ0v) is 13.3. The number of nitriles is 1. The predicted molar refractivity (Wildman–Crippen MR) is 100.0 cm³/mol. The molecule has 4 aromatic carbocycles. The van der Waals surface area contributed by atoms with Gasteiger partial charge in [-0.3, -0.25) is 0 Å². The van der Waals surface area contributed by atoms with Crippen molar-refractivity contribution in [3.8, 4) is 6.07 Å². The number of benzene rings is 4. The highest BCUT2D eigenvalue weighted by molar-refractivity contribution is 5.86. The van der Waals surface area contributed by atoms with E-state index >= 15 is 0 Å². The Morgan fingerprint density at radius 2 is 1.42 bits per heavy atom. The van der Waals surface area contributed by atoms with Crippen LogP contribution in [-0.2, 0) is 6.42 Å². The van der Waals surface area contributed by atoms with Gasteiger partial charge in [-0.15, -0.1) is 0 Å². The van der Waals surface area contributed by atoms with Crippen molar-refractivity contribution in [3.05, 3.63) is 96.1 Å². The van der Waals surface area contributed by atoms with E-state index in [9.17, 15) is 5.26 Å². The summed E-state index contributed by atoms with van der Waals surface area (Å²) in [7, 11) is 0. The van der Waals surface area contributed by atoms with Crippen LogP contribution in [0.5, 0.6) is 0 Å². The molecule has 0 saturated carbocycles. The molecule has 114 valence electrons. The highest BCUT2D eigenvalue weighted by atomic mass is 14.3. The molecular formula is C23H17N. The second kappa shape index (κ2) is 6.18.